The smallest absolute Gasteiger partial charge is 0.0701 e. The van der Waals surface area contributed by atoms with Crippen molar-refractivity contribution in [2.75, 3.05) is 4.90 Å². The van der Waals surface area contributed by atoms with Crippen LogP contribution in [0.2, 0.25) is 10.0 Å². The summed E-state index contributed by atoms with van der Waals surface area (Å²) in [5.41, 5.74) is 5.11. The summed E-state index contributed by atoms with van der Waals surface area (Å²) in [4.78, 5) is 6.58. The number of rotatable bonds is 4. The van der Waals surface area contributed by atoms with Crippen LogP contribution in [0.4, 0.5) is 17.1 Å². The third kappa shape index (κ3) is 3.97. The van der Waals surface area contributed by atoms with E-state index in [4.69, 9.17) is 23.2 Å². The first-order chi connectivity index (χ1) is 13.2. The summed E-state index contributed by atoms with van der Waals surface area (Å²) < 4.78 is 0. The molecule has 0 radical (unpaired) electrons. The van der Waals surface area contributed by atoms with Crippen LogP contribution in [0.25, 0.3) is 11.3 Å². The molecule has 4 heteroatoms. The van der Waals surface area contributed by atoms with Crippen molar-refractivity contribution in [1.82, 2.24) is 4.98 Å². The van der Waals surface area contributed by atoms with E-state index in [2.05, 4.69) is 34.1 Å². The molecule has 0 aliphatic carbocycles. The predicted octanol–water partition coefficient (Wildman–Crippen LogP) is 7.53. The number of aromatic nitrogens is 1. The third-order valence-electron chi connectivity index (χ3n) is 4.26. The topological polar surface area (TPSA) is 16.1 Å². The van der Waals surface area contributed by atoms with Crippen LogP contribution in [0, 0.1) is 0 Å². The highest BCUT2D eigenvalue weighted by Gasteiger charge is 2.12. The van der Waals surface area contributed by atoms with Crippen LogP contribution < -0.4 is 4.90 Å². The van der Waals surface area contributed by atoms with Crippen LogP contribution >= 0.6 is 23.2 Å². The number of hydrogen-bond acceptors (Lipinski definition) is 2. The summed E-state index contributed by atoms with van der Waals surface area (Å²) in [6.45, 7) is 0. The predicted molar refractivity (Wildman–Crippen MR) is 114 cm³/mol. The van der Waals surface area contributed by atoms with Crippen molar-refractivity contribution in [2.24, 2.45) is 0 Å². The van der Waals surface area contributed by atoms with Gasteiger partial charge in [-0.05, 0) is 72.8 Å². The Bertz CT molecular complexity index is 967. The summed E-state index contributed by atoms with van der Waals surface area (Å²) >= 11 is 12.1. The number of pyridine rings is 1. The van der Waals surface area contributed by atoms with Gasteiger partial charge >= 0.3 is 0 Å². The molecule has 0 atom stereocenters. The van der Waals surface area contributed by atoms with Crippen molar-refractivity contribution in [3.63, 3.8) is 0 Å². The highest BCUT2D eigenvalue weighted by molar-refractivity contribution is 6.31. The van der Waals surface area contributed by atoms with E-state index in [0.29, 0.717) is 10.0 Å². The zero-order valence-electron chi connectivity index (χ0n) is 14.4. The lowest BCUT2D eigenvalue weighted by molar-refractivity contribution is 1.28. The Morgan fingerprint density at radius 3 is 1.48 bits per heavy atom. The summed E-state index contributed by atoms with van der Waals surface area (Å²) in [7, 11) is 0. The molecular formula is C23H16Cl2N2. The van der Waals surface area contributed by atoms with E-state index in [9.17, 15) is 0 Å². The number of halogens is 2. The van der Waals surface area contributed by atoms with Gasteiger partial charge in [0.2, 0.25) is 0 Å². The molecule has 2 nitrogen and oxygen atoms in total. The Labute approximate surface area is 168 Å². The fourth-order valence-electron chi connectivity index (χ4n) is 2.94. The van der Waals surface area contributed by atoms with Gasteiger partial charge in [0, 0.05) is 38.9 Å². The average molecular weight is 391 g/mol. The van der Waals surface area contributed by atoms with Gasteiger partial charge < -0.3 is 4.90 Å². The molecule has 1 aromatic heterocycles. The van der Waals surface area contributed by atoms with Crippen molar-refractivity contribution in [2.45, 2.75) is 0 Å². The Morgan fingerprint density at radius 1 is 0.556 bits per heavy atom. The standard InChI is InChI=1S/C23H16Cl2N2/c24-18-6-12-21(13-7-18)27(22-14-8-19(25)9-15-22)20-10-4-17(5-11-20)23-3-1-2-16-26-23/h1-16H. The maximum Gasteiger partial charge on any atom is 0.0701 e. The molecule has 0 unspecified atom stereocenters. The van der Waals surface area contributed by atoms with Crippen LogP contribution in [0.1, 0.15) is 0 Å². The maximum atomic E-state index is 6.07. The molecule has 3 aromatic carbocycles. The molecule has 0 fully saturated rings. The highest BCUT2D eigenvalue weighted by atomic mass is 35.5. The summed E-state index contributed by atoms with van der Waals surface area (Å²) in [6, 6.07) is 29.8. The van der Waals surface area contributed by atoms with Gasteiger partial charge in [0.15, 0.2) is 0 Å². The summed E-state index contributed by atoms with van der Waals surface area (Å²) in [6.07, 6.45) is 1.80. The zero-order chi connectivity index (χ0) is 18.6. The van der Waals surface area contributed by atoms with Gasteiger partial charge in [-0.15, -0.1) is 0 Å². The minimum atomic E-state index is 0.709. The average Bonchev–Trinajstić information content (AvgIpc) is 2.72. The number of anilines is 3. The number of benzene rings is 3. The van der Waals surface area contributed by atoms with Crippen LogP contribution in [-0.4, -0.2) is 4.98 Å². The van der Waals surface area contributed by atoms with E-state index in [1.54, 1.807) is 6.20 Å². The minimum absolute atomic E-state index is 0.709. The first-order valence-electron chi connectivity index (χ1n) is 8.53. The van der Waals surface area contributed by atoms with Crippen molar-refractivity contribution in [3.05, 3.63) is 107 Å². The van der Waals surface area contributed by atoms with E-state index >= 15 is 0 Å². The largest absolute Gasteiger partial charge is 0.311 e. The molecule has 0 aliphatic rings. The van der Waals surface area contributed by atoms with Gasteiger partial charge in [-0.1, -0.05) is 41.4 Å². The van der Waals surface area contributed by atoms with Gasteiger partial charge in [0.05, 0.1) is 5.69 Å². The maximum absolute atomic E-state index is 6.07. The van der Waals surface area contributed by atoms with Gasteiger partial charge in [-0.2, -0.15) is 0 Å². The van der Waals surface area contributed by atoms with Crippen molar-refractivity contribution >= 4 is 40.3 Å². The second-order valence-electron chi connectivity index (χ2n) is 6.05. The highest BCUT2D eigenvalue weighted by Crippen LogP contribution is 2.36. The molecule has 0 N–H and O–H groups in total. The lowest BCUT2D eigenvalue weighted by Gasteiger charge is -2.25. The van der Waals surface area contributed by atoms with E-state index in [1.165, 1.54) is 0 Å². The van der Waals surface area contributed by atoms with E-state index in [0.717, 1.165) is 28.3 Å². The van der Waals surface area contributed by atoms with Crippen LogP contribution in [0.3, 0.4) is 0 Å². The normalized spacial score (nSPS) is 10.6. The molecule has 0 saturated heterocycles. The molecule has 0 aliphatic heterocycles. The number of nitrogens with zero attached hydrogens (tertiary/aromatic N) is 2. The van der Waals surface area contributed by atoms with Crippen LogP contribution in [0.15, 0.2) is 97.2 Å². The van der Waals surface area contributed by atoms with Crippen LogP contribution in [0.5, 0.6) is 0 Å². The molecule has 0 amide bonds. The molecule has 4 aromatic rings. The molecule has 0 spiro atoms. The Hall–Kier alpha value is -2.81. The molecule has 27 heavy (non-hydrogen) atoms. The van der Waals surface area contributed by atoms with E-state index in [1.807, 2.05) is 66.7 Å². The Kier molecular flexibility index (Phi) is 5.10. The summed E-state index contributed by atoms with van der Waals surface area (Å²) in [5, 5.41) is 1.42. The molecule has 0 bridgehead atoms. The molecule has 1 heterocycles. The van der Waals surface area contributed by atoms with Gasteiger partial charge in [0.25, 0.3) is 0 Å². The van der Waals surface area contributed by atoms with Crippen molar-refractivity contribution in [1.29, 1.82) is 0 Å². The quantitative estimate of drug-likeness (QED) is 0.358. The van der Waals surface area contributed by atoms with E-state index in [-0.39, 0.29) is 0 Å². The minimum Gasteiger partial charge on any atom is -0.311 e. The van der Waals surface area contributed by atoms with E-state index < -0.39 is 0 Å². The monoisotopic (exact) mass is 390 g/mol. The van der Waals surface area contributed by atoms with Gasteiger partial charge in [-0.25, -0.2) is 0 Å². The first-order valence-corrected chi connectivity index (χ1v) is 9.29. The Morgan fingerprint density at radius 2 is 1.04 bits per heavy atom. The second kappa shape index (κ2) is 7.83. The lowest BCUT2D eigenvalue weighted by Crippen LogP contribution is -2.09. The number of hydrogen-bond donors (Lipinski definition) is 0. The molecule has 0 saturated carbocycles. The fraction of sp³-hybridized carbons (Fsp3) is 0. The lowest BCUT2D eigenvalue weighted by atomic mass is 10.1. The molecular weight excluding hydrogens is 375 g/mol. The second-order valence-corrected chi connectivity index (χ2v) is 6.92. The van der Waals surface area contributed by atoms with Crippen LogP contribution in [-0.2, 0) is 0 Å². The molecule has 132 valence electrons. The van der Waals surface area contributed by atoms with Gasteiger partial charge in [-0.3, -0.25) is 4.98 Å². The van der Waals surface area contributed by atoms with Gasteiger partial charge in [0.1, 0.15) is 0 Å². The zero-order valence-corrected chi connectivity index (χ0v) is 15.9. The Balaban J connectivity index is 1.76. The summed E-state index contributed by atoms with van der Waals surface area (Å²) in [5.74, 6) is 0. The molecule has 4 rings (SSSR count). The SMILES string of the molecule is Clc1ccc(N(c2ccc(Cl)cc2)c2ccc(-c3ccccn3)cc2)cc1. The van der Waals surface area contributed by atoms with Crippen molar-refractivity contribution in [3.8, 4) is 11.3 Å². The first kappa shape index (κ1) is 17.6. The fourth-order valence-corrected chi connectivity index (χ4v) is 3.19. The van der Waals surface area contributed by atoms with Crippen molar-refractivity contribution < 1.29 is 0 Å². The third-order valence-corrected chi connectivity index (χ3v) is 4.76.